The van der Waals surface area contributed by atoms with Crippen LogP contribution in [-0.4, -0.2) is 22.1 Å². The minimum atomic E-state index is -0.0598. The molecule has 1 saturated carbocycles. The molecule has 134 valence electrons. The molecule has 2 heterocycles. The molecule has 0 aliphatic heterocycles. The fourth-order valence-electron chi connectivity index (χ4n) is 3.03. The second-order valence-corrected chi connectivity index (χ2v) is 9.17. The van der Waals surface area contributed by atoms with E-state index >= 15 is 0 Å². The first kappa shape index (κ1) is 17.2. The van der Waals surface area contributed by atoms with Gasteiger partial charge in [0, 0.05) is 27.3 Å². The average molecular weight is 366 g/mol. The molecule has 4 rings (SSSR count). The summed E-state index contributed by atoms with van der Waals surface area (Å²) in [5, 5.41) is 12.8. The van der Waals surface area contributed by atoms with Crippen LogP contribution in [0.1, 0.15) is 55.2 Å². The lowest BCUT2D eigenvalue weighted by molar-refractivity contribution is 0.0951. The van der Waals surface area contributed by atoms with Gasteiger partial charge in [-0.25, -0.2) is 0 Å². The third kappa shape index (κ3) is 3.23. The van der Waals surface area contributed by atoms with Gasteiger partial charge in [-0.15, -0.1) is 11.3 Å². The topological polar surface area (TPSA) is 54.9 Å². The van der Waals surface area contributed by atoms with Crippen molar-refractivity contribution in [2.24, 2.45) is 0 Å². The lowest BCUT2D eigenvalue weighted by Crippen LogP contribution is -2.25. The molecule has 26 heavy (non-hydrogen) atoms. The summed E-state index contributed by atoms with van der Waals surface area (Å²) in [6, 6.07) is 8.48. The van der Waals surface area contributed by atoms with E-state index in [1.165, 1.54) is 4.70 Å². The van der Waals surface area contributed by atoms with Crippen LogP contribution >= 0.6 is 11.3 Å². The molecular formula is C21H23N3OS. The van der Waals surface area contributed by atoms with E-state index in [4.69, 9.17) is 0 Å². The van der Waals surface area contributed by atoms with Gasteiger partial charge in [0.05, 0.1) is 16.6 Å². The third-order valence-corrected chi connectivity index (χ3v) is 5.91. The summed E-state index contributed by atoms with van der Waals surface area (Å²) >= 11 is 1.73. The van der Waals surface area contributed by atoms with Crippen LogP contribution in [-0.2, 0) is 5.41 Å². The van der Waals surface area contributed by atoms with Gasteiger partial charge >= 0.3 is 0 Å². The lowest BCUT2D eigenvalue weighted by atomic mass is 9.91. The Morgan fingerprint density at radius 2 is 2.00 bits per heavy atom. The van der Waals surface area contributed by atoms with E-state index in [1.54, 1.807) is 11.3 Å². The maximum Gasteiger partial charge on any atom is 0.251 e. The molecule has 1 aliphatic rings. The standard InChI is InChI=1S/C21H23N3OS/c1-12-5-6-13(20(25)23-15-7-8-15)9-16(12)17-10-14-11-22-24-19(18(14)26-17)21(2,3)4/h5-6,9-11,15H,7-8H2,1-4H3,(H,23,25). The Kier molecular flexibility index (Phi) is 4.07. The van der Waals surface area contributed by atoms with Crippen molar-refractivity contribution in [3.8, 4) is 10.4 Å². The minimum absolute atomic E-state index is 0.0218. The first-order valence-electron chi connectivity index (χ1n) is 9.00. The first-order valence-corrected chi connectivity index (χ1v) is 9.82. The molecule has 1 N–H and O–H groups in total. The molecular weight excluding hydrogens is 342 g/mol. The molecule has 3 aromatic rings. The summed E-state index contributed by atoms with van der Waals surface area (Å²) in [6.07, 6.45) is 4.01. The third-order valence-electron chi connectivity index (χ3n) is 4.72. The predicted molar refractivity (Wildman–Crippen MR) is 107 cm³/mol. The molecule has 0 atom stereocenters. The maximum absolute atomic E-state index is 12.4. The molecule has 4 nitrogen and oxygen atoms in total. The Morgan fingerprint density at radius 3 is 2.69 bits per heavy atom. The number of fused-ring (bicyclic) bond motifs is 1. The number of aryl methyl sites for hydroxylation is 1. The van der Waals surface area contributed by atoms with Gasteiger partial charge in [-0.2, -0.15) is 10.2 Å². The van der Waals surface area contributed by atoms with Crippen molar-refractivity contribution in [1.82, 2.24) is 15.5 Å². The van der Waals surface area contributed by atoms with Crippen LogP contribution in [0.15, 0.2) is 30.5 Å². The molecule has 1 aliphatic carbocycles. The largest absolute Gasteiger partial charge is 0.349 e. The van der Waals surface area contributed by atoms with Gasteiger partial charge in [-0.1, -0.05) is 26.8 Å². The Morgan fingerprint density at radius 1 is 1.23 bits per heavy atom. The minimum Gasteiger partial charge on any atom is -0.349 e. The second-order valence-electron chi connectivity index (χ2n) is 8.12. The van der Waals surface area contributed by atoms with Crippen LogP contribution in [0.2, 0.25) is 0 Å². The van der Waals surface area contributed by atoms with Crippen molar-refractivity contribution in [3.05, 3.63) is 47.3 Å². The van der Waals surface area contributed by atoms with Crippen LogP contribution in [0.25, 0.3) is 20.5 Å². The number of carbonyl (C=O) groups is 1. The summed E-state index contributed by atoms with van der Waals surface area (Å²) < 4.78 is 1.18. The number of nitrogens with zero attached hydrogens (tertiary/aromatic N) is 2. The first-order chi connectivity index (χ1) is 12.3. The van der Waals surface area contributed by atoms with Crippen molar-refractivity contribution in [1.29, 1.82) is 0 Å². The zero-order valence-corrected chi connectivity index (χ0v) is 16.4. The average Bonchev–Trinajstić information content (AvgIpc) is 3.28. The molecule has 2 aromatic heterocycles. The zero-order chi connectivity index (χ0) is 18.5. The van der Waals surface area contributed by atoms with E-state index in [0.717, 1.165) is 45.5 Å². The molecule has 0 bridgehead atoms. The number of hydrogen-bond donors (Lipinski definition) is 1. The van der Waals surface area contributed by atoms with Crippen molar-refractivity contribution in [2.45, 2.75) is 52.0 Å². The van der Waals surface area contributed by atoms with Gasteiger partial charge < -0.3 is 5.32 Å². The van der Waals surface area contributed by atoms with Crippen LogP contribution in [0, 0.1) is 6.92 Å². The number of carbonyl (C=O) groups excluding carboxylic acids is 1. The Hall–Kier alpha value is -2.27. The summed E-state index contributed by atoms with van der Waals surface area (Å²) in [5.74, 6) is 0.0218. The van der Waals surface area contributed by atoms with Gasteiger partial charge in [0.2, 0.25) is 0 Å². The predicted octanol–water partition coefficient (Wildman–Crippen LogP) is 4.86. The molecule has 5 heteroatoms. The zero-order valence-electron chi connectivity index (χ0n) is 15.6. The van der Waals surface area contributed by atoms with Crippen LogP contribution in [0.3, 0.4) is 0 Å². The molecule has 0 radical (unpaired) electrons. The Balaban J connectivity index is 1.78. The number of nitrogens with one attached hydrogen (secondary N) is 1. The summed E-state index contributed by atoms with van der Waals surface area (Å²) in [6.45, 7) is 8.56. The fourth-order valence-corrected chi connectivity index (χ4v) is 4.44. The van der Waals surface area contributed by atoms with Crippen LogP contribution in [0.5, 0.6) is 0 Å². The number of thiophene rings is 1. The highest BCUT2D eigenvalue weighted by Crippen LogP contribution is 2.39. The Bertz CT molecular complexity index is 996. The summed E-state index contributed by atoms with van der Waals surface area (Å²) in [7, 11) is 0. The maximum atomic E-state index is 12.4. The molecule has 0 unspecified atom stereocenters. The summed E-state index contributed by atoms with van der Waals surface area (Å²) in [5.41, 5.74) is 3.96. The molecule has 1 aromatic carbocycles. The van der Waals surface area contributed by atoms with Crippen molar-refractivity contribution >= 4 is 27.3 Å². The highest BCUT2D eigenvalue weighted by Gasteiger charge is 2.24. The molecule has 1 fully saturated rings. The second kappa shape index (κ2) is 6.16. The van der Waals surface area contributed by atoms with Crippen molar-refractivity contribution in [2.75, 3.05) is 0 Å². The van der Waals surface area contributed by atoms with Gasteiger partial charge in [0.15, 0.2) is 0 Å². The van der Waals surface area contributed by atoms with E-state index in [2.05, 4.69) is 49.3 Å². The lowest BCUT2D eigenvalue weighted by Gasteiger charge is -2.17. The molecule has 1 amide bonds. The molecule has 0 saturated heterocycles. The monoisotopic (exact) mass is 365 g/mol. The molecule has 0 spiro atoms. The van der Waals surface area contributed by atoms with E-state index in [1.807, 2.05) is 24.4 Å². The SMILES string of the molecule is Cc1ccc(C(=O)NC2CC2)cc1-c1cc2cnnc(C(C)(C)C)c2s1. The normalized spacial score (nSPS) is 14.6. The smallest absolute Gasteiger partial charge is 0.251 e. The number of rotatable bonds is 3. The fraction of sp³-hybridized carbons (Fsp3) is 0.381. The van der Waals surface area contributed by atoms with Gasteiger partial charge in [0.25, 0.3) is 5.91 Å². The van der Waals surface area contributed by atoms with Gasteiger partial charge in [-0.3, -0.25) is 4.79 Å². The van der Waals surface area contributed by atoms with Crippen molar-refractivity contribution in [3.63, 3.8) is 0 Å². The number of benzene rings is 1. The van der Waals surface area contributed by atoms with Crippen LogP contribution in [0.4, 0.5) is 0 Å². The highest BCUT2D eigenvalue weighted by atomic mass is 32.1. The number of aromatic nitrogens is 2. The van der Waals surface area contributed by atoms with E-state index < -0.39 is 0 Å². The van der Waals surface area contributed by atoms with Crippen molar-refractivity contribution < 1.29 is 4.79 Å². The highest BCUT2D eigenvalue weighted by molar-refractivity contribution is 7.22. The summed E-state index contributed by atoms with van der Waals surface area (Å²) in [4.78, 5) is 13.6. The van der Waals surface area contributed by atoms with Gasteiger partial charge in [0.1, 0.15) is 0 Å². The quantitative estimate of drug-likeness (QED) is 0.721. The van der Waals surface area contributed by atoms with Gasteiger partial charge in [-0.05, 0) is 49.1 Å². The Labute approximate surface area is 157 Å². The number of hydrogen-bond acceptors (Lipinski definition) is 4. The van der Waals surface area contributed by atoms with E-state index in [9.17, 15) is 4.79 Å². The van der Waals surface area contributed by atoms with E-state index in [0.29, 0.717) is 6.04 Å². The number of amides is 1. The van der Waals surface area contributed by atoms with E-state index in [-0.39, 0.29) is 11.3 Å². The van der Waals surface area contributed by atoms with Crippen LogP contribution < -0.4 is 5.32 Å².